The fourth-order valence-electron chi connectivity index (χ4n) is 3.75. The van der Waals surface area contributed by atoms with E-state index >= 15 is 0 Å². The average Bonchev–Trinajstić information content (AvgIpc) is 2.77. The number of hydrogen-bond acceptors (Lipinski definition) is 2. The molecule has 0 aliphatic heterocycles. The molecule has 0 atom stereocenters. The van der Waals surface area contributed by atoms with Crippen molar-refractivity contribution in [2.24, 2.45) is 0 Å². The fraction of sp³-hybridized carbons (Fsp3) is 0.280. The Labute approximate surface area is 212 Å². The van der Waals surface area contributed by atoms with Crippen LogP contribution in [0.1, 0.15) is 36.1 Å². The number of likely N-dealkylation sites (N-methyl/N-ethyl adjacent to an activating group) is 1. The van der Waals surface area contributed by atoms with Gasteiger partial charge in [0, 0.05) is 12.6 Å². The Morgan fingerprint density at radius 3 is 1.89 bits per heavy atom. The van der Waals surface area contributed by atoms with E-state index in [0.717, 1.165) is 11.1 Å². The molecule has 0 radical (unpaired) electrons. The summed E-state index contributed by atoms with van der Waals surface area (Å²) in [6.45, 7) is 4.49. The molecule has 186 valence electrons. The van der Waals surface area contributed by atoms with Crippen LogP contribution in [-0.4, -0.2) is 17.9 Å². The monoisotopic (exact) mass is 606 g/mol. The summed E-state index contributed by atoms with van der Waals surface area (Å²) < 4.78 is 81.0. The minimum atomic E-state index is -5.01. The van der Waals surface area contributed by atoms with Gasteiger partial charge in [-0.05, 0) is 84.3 Å². The minimum Gasteiger partial charge on any atom is -0.313 e. The molecule has 0 saturated heterocycles. The van der Waals surface area contributed by atoms with Gasteiger partial charge in [0.25, 0.3) is 0 Å². The van der Waals surface area contributed by atoms with Gasteiger partial charge >= 0.3 is 12.4 Å². The second kappa shape index (κ2) is 9.44. The lowest BCUT2D eigenvalue weighted by atomic mass is 9.81. The molecule has 1 heterocycles. The quantitative estimate of drug-likeness (QED) is 0.174. The summed E-state index contributed by atoms with van der Waals surface area (Å²) >= 11 is 2.02. The Balaban J connectivity index is 2.13. The van der Waals surface area contributed by atoms with Gasteiger partial charge in [0.1, 0.15) is 3.70 Å². The molecule has 1 aromatic heterocycles. The van der Waals surface area contributed by atoms with Crippen LogP contribution >= 0.6 is 22.6 Å². The van der Waals surface area contributed by atoms with Crippen LogP contribution in [-0.2, 0) is 22.6 Å². The molecule has 0 fully saturated rings. The first-order chi connectivity index (χ1) is 16.0. The largest absolute Gasteiger partial charge is 0.416 e. The van der Waals surface area contributed by atoms with Gasteiger partial charge in [-0.2, -0.15) is 26.3 Å². The number of aryl methyl sites for hydroxylation is 1. The fourth-order valence-corrected chi connectivity index (χ4v) is 4.20. The standard InChI is InChI=1S/C25H21F6IN2O/c1-14-7-5-6-8-18(14)19-12-21(32)33-13-20(19)34(4)22(35)23(2,3)15-9-16(24(26,27)28)11-17(10-15)25(29,30)31/h5-13H,1-4H3. The number of alkyl halides is 6. The minimum absolute atomic E-state index is 0.0487. The number of carbonyl (C=O) groups excluding carboxylic acids is 1. The van der Waals surface area contributed by atoms with Crippen LogP contribution in [0.5, 0.6) is 0 Å². The zero-order valence-electron chi connectivity index (χ0n) is 19.1. The van der Waals surface area contributed by atoms with E-state index in [1.165, 1.54) is 32.0 Å². The summed E-state index contributed by atoms with van der Waals surface area (Å²) in [5.41, 5.74) is -2.28. The molecule has 0 spiro atoms. The van der Waals surface area contributed by atoms with Crippen molar-refractivity contribution >= 4 is 34.2 Å². The number of pyridine rings is 1. The number of anilines is 1. The molecule has 10 heteroatoms. The van der Waals surface area contributed by atoms with Crippen LogP contribution in [0.2, 0.25) is 0 Å². The summed E-state index contributed by atoms with van der Waals surface area (Å²) in [4.78, 5) is 19.0. The van der Waals surface area contributed by atoms with Crippen molar-refractivity contribution in [3.05, 3.63) is 80.7 Å². The normalized spacial score (nSPS) is 12.5. The number of rotatable bonds is 4. The molecule has 3 rings (SSSR count). The first-order valence-electron chi connectivity index (χ1n) is 10.3. The van der Waals surface area contributed by atoms with Gasteiger partial charge < -0.3 is 4.90 Å². The number of halogens is 7. The first-order valence-corrected chi connectivity index (χ1v) is 11.4. The summed E-state index contributed by atoms with van der Waals surface area (Å²) in [7, 11) is 1.42. The van der Waals surface area contributed by atoms with E-state index in [2.05, 4.69) is 4.98 Å². The van der Waals surface area contributed by atoms with Crippen molar-refractivity contribution in [1.29, 1.82) is 0 Å². The van der Waals surface area contributed by atoms with Crippen LogP contribution < -0.4 is 4.90 Å². The van der Waals surface area contributed by atoms with E-state index < -0.39 is 40.4 Å². The molecule has 2 aromatic carbocycles. The van der Waals surface area contributed by atoms with Gasteiger partial charge in [0.15, 0.2) is 0 Å². The average molecular weight is 606 g/mol. The highest BCUT2D eigenvalue weighted by Gasteiger charge is 2.41. The molecular weight excluding hydrogens is 585 g/mol. The zero-order valence-corrected chi connectivity index (χ0v) is 21.3. The van der Waals surface area contributed by atoms with Crippen molar-refractivity contribution in [1.82, 2.24) is 4.98 Å². The Kier molecular flexibility index (Phi) is 7.27. The Morgan fingerprint density at radius 2 is 1.37 bits per heavy atom. The van der Waals surface area contributed by atoms with E-state index in [1.807, 2.05) is 53.8 Å². The van der Waals surface area contributed by atoms with E-state index in [-0.39, 0.29) is 6.07 Å². The summed E-state index contributed by atoms with van der Waals surface area (Å²) in [6, 6.07) is 10.4. The first kappa shape index (κ1) is 27.0. The number of hydrogen-bond donors (Lipinski definition) is 0. The molecular formula is C25H21F6IN2O. The lowest BCUT2D eigenvalue weighted by Gasteiger charge is -2.32. The zero-order chi connectivity index (χ0) is 26.3. The predicted molar refractivity (Wildman–Crippen MR) is 130 cm³/mol. The maximum Gasteiger partial charge on any atom is 0.416 e. The number of carbonyl (C=O) groups is 1. The van der Waals surface area contributed by atoms with Crippen molar-refractivity contribution in [3.63, 3.8) is 0 Å². The molecule has 1 amide bonds. The molecule has 0 aliphatic carbocycles. The third kappa shape index (κ3) is 5.62. The lowest BCUT2D eigenvalue weighted by molar-refractivity contribution is -0.143. The molecule has 35 heavy (non-hydrogen) atoms. The topological polar surface area (TPSA) is 33.2 Å². The molecule has 3 aromatic rings. The molecule has 0 bridgehead atoms. The molecule has 0 saturated carbocycles. The van der Waals surface area contributed by atoms with Gasteiger partial charge in [-0.3, -0.25) is 4.79 Å². The summed E-state index contributed by atoms with van der Waals surface area (Å²) in [5.74, 6) is -0.692. The van der Waals surface area contributed by atoms with Gasteiger partial charge in [-0.15, -0.1) is 0 Å². The highest BCUT2D eigenvalue weighted by molar-refractivity contribution is 14.1. The third-order valence-corrected chi connectivity index (χ3v) is 6.38. The SMILES string of the molecule is Cc1ccccc1-c1cc(I)ncc1N(C)C(=O)C(C)(C)c1cc(C(F)(F)F)cc(C(F)(F)F)c1. The summed E-state index contributed by atoms with van der Waals surface area (Å²) in [5, 5.41) is 0. The van der Waals surface area contributed by atoms with E-state index in [0.29, 0.717) is 27.1 Å². The summed E-state index contributed by atoms with van der Waals surface area (Å²) in [6.07, 6.45) is -8.57. The third-order valence-electron chi connectivity index (χ3n) is 5.79. The molecule has 3 nitrogen and oxygen atoms in total. The van der Waals surface area contributed by atoms with E-state index in [1.54, 1.807) is 6.07 Å². The Hall–Kier alpha value is -2.63. The lowest BCUT2D eigenvalue weighted by Crippen LogP contribution is -2.42. The Bertz CT molecular complexity index is 1240. The maximum absolute atomic E-state index is 13.6. The predicted octanol–water partition coefficient (Wildman–Crippen LogP) is 7.64. The number of benzene rings is 2. The highest BCUT2D eigenvalue weighted by atomic mass is 127. The smallest absolute Gasteiger partial charge is 0.313 e. The van der Waals surface area contributed by atoms with Gasteiger partial charge in [-0.1, -0.05) is 24.3 Å². The van der Waals surface area contributed by atoms with Crippen LogP contribution in [0.3, 0.4) is 0 Å². The Morgan fingerprint density at radius 1 is 0.857 bits per heavy atom. The van der Waals surface area contributed by atoms with Crippen LogP contribution in [0.4, 0.5) is 32.0 Å². The number of nitrogens with zero attached hydrogens (tertiary/aromatic N) is 2. The molecule has 0 unspecified atom stereocenters. The van der Waals surface area contributed by atoms with Gasteiger partial charge in [-0.25, -0.2) is 4.98 Å². The van der Waals surface area contributed by atoms with Crippen molar-refractivity contribution in [2.45, 2.75) is 38.5 Å². The maximum atomic E-state index is 13.6. The van der Waals surface area contributed by atoms with Gasteiger partial charge in [0.05, 0.1) is 28.4 Å². The second-order valence-corrected chi connectivity index (χ2v) is 9.73. The molecule has 0 N–H and O–H groups in total. The van der Waals surface area contributed by atoms with Crippen molar-refractivity contribution < 1.29 is 31.1 Å². The van der Waals surface area contributed by atoms with Gasteiger partial charge in [0.2, 0.25) is 5.91 Å². The highest BCUT2D eigenvalue weighted by Crippen LogP contribution is 2.40. The van der Waals surface area contributed by atoms with Crippen LogP contribution in [0, 0.1) is 10.6 Å². The van der Waals surface area contributed by atoms with Crippen LogP contribution in [0.25, 0.3) is 11.1 Å². The van der Waals surface area contributed by atoms with E-state index in [4.69, 9.17) is 0 Å². The van der Waals surface area contributed by atoms with Crippen LogP contribution in [0.15, 0.2) is 54.7 Å². The van der Waals surface area contributed by atoms with E-state index in [9.17, 15) is 31.1 Å². The van der Waals surface area contributed by atoms with Crippen molar-refractivity contribution in [2.75, 3.05) is 11.9 Å². The number of aromatic nitrogens is 1. The van der Waals surface area contributed by atoms with Crippen molar-refractivity contribution in [3.8, 4) is 11.1 Å². The second-order valence-electron chi connectivity index (χ2n) is 8.62. The number of amides is 1. The molecule has 0 aliphatic rings.